The van der Waals surface area contributed by atoms with Gasteiger partial charge in [0.1, 0.15) is 11.3 Å². The molecule has 0 aliphatic heterocycles. The molecule has 1 aliphatic rings. The first-order valence-corrected chi connectivity index (χ1v) is 5.91. The van der Waals surface area contributed by atoms with E-state index in [-0.39, 0.29) is 12.5 Å². The first-order chi connectivity index (χ1) is 8.78. The van der Waals surface area contributed by atoms with Crippen molar-refractivity contribution in [3.63, 3.8) is 0 Å². The van der Waals surface area contributed by atoms with E-state index < -0.39 is 28.9 Å². The number of nitrogens with two attached hydrogens (primary N) is 1. The van der Waals surface area contributed by atoms with Gasteiger partial charge in [-0.1, -0.05) is 0 Å². The Morgan fingerprint density at radius 2 is 2.21 bits per heavy atom. The second kappa shape index (κ2) is 4.52. The van der Waals surface area contributed by atoms with E-state index >= 15 is 0 Å². The maximum Gasteiger partial charge on any atom is 0.420 e. The predicted octanol–water partition coefficient (Wildman–Crippen LogP) is 1.29. The SMILES string of the molecule is CC(CN)(NC(=O)c1[nH]ncc1C(F)(F)F)C1CC1. The molecule has 19 heavy (non-hydrogen) atoms. The fourth-order valence-corrected chi connectivity index (χ4v) is 2.04. The summed E-state index contributed by atoms with van der Waals surface area (Å²) < 4.78 is 38.0. The van der Waals surface area contributed by atoms with Crippen LogP contribution < -0.4 is 11.1 Å². The highest BCUT2D eigenvalue weighted by atomic mass is 19.4. The molecule has 1 aromatic heterocycles. The fourth-order valence-electron chi connectivity index (χ4n) is 2.04. The summed E-state index contributed by atoms with van der Waals surface area (Å²) in [6, 6.07) is 0. The van der Waals surface area contributed by atoms with E-state index in [1.165, 1.54) is 0 Å². The van der Waals surface area contributed by atoms with Gasteiger partial charge in [0, 0.05) is 6.54 Å². The molecule has 5 nitrogen and oxygen atoms in total. The zero-order valence-electron chi connectivity index (χ0n) is 10.3. The summed E-state index contributed by atoms with van der Waals surface area (Å²) in [6.07, 6.45) is -2.17. The van der Waals surface area contributed by atoms with Crippen LogP contribution in [0.15, 0.2) is 6.20 Å². The standard InChI is InChI=1S/C11H15F3N4O/c1-10(5-15,6-2-3-6)17-9(19)8-7(4-16-18-8)11(12,13)14/h4,6H,2-3,5,15H2,1H3,(H,16,18)(H,17,19). The third kappa shape index (κ3) is 2.73. The van der Waals surface area contributed by atoms with E-state index in [9.17, 15) is 18.0 Å². The van der Waals surface area contributed by atoms with E-state index in [1.807, 2.05) is 0 Å². The summed E-state index contributed by atoms with van der Waals surface area (Å²) >= 11 is 0. The third-order valence-electron chi connectivity index (χ3n) is 3.47. The zero-order valence-corrected chi connectivity index (χ0v) is 10.3. The number of alkyl halides is 3. The summed E-state index contributed by atoms with van der Waals surface area (Å²) in [4.78, 5) is 11.9. The van der Waals surface area contributed by atoms with Crippen LogP contribution in [0.1, 0.15) is 35.8 Å². The number of rotatable bonds is 4. The Morgan fingerprint density at radius 1 is 1.58 bits per heavy atom. The third-order valence-corrected chi connectivity index (χ3v) is 3.47. The predicted molar refractivity (Wildman–Crippen MR) is 61.2 cm³/mol. The first-order valence-electron chi connectivity index (χ1n) is 5.91. The van der Waals surface area contributed by atoms with Gasteiger partial charge in [0.25, 0.3) is 5.91 Å². The van der Waals surface area contributed by atoms with E-state index in [0.29, 0.717) is 6.20 Å². The molecule has 1 fully saturated rings. The number of carbonyl (C=O) groups is 1. The molecule has 1 unspecified atom stereocenters. The molecule has 1 amide bonds. The molecule has 2 rings (SSSR count). The fraction of sp³-hybridized carbons (Fsp3) is 0.636. The summed E-state index contributed by atoms with van der Waals surface area (Å²) in [5.41, 5.74) is 3.29. The van der Waals surface area contributed by atoms with E-state index in [0.717, 1.165) is 12.8 Å². The van der Waals surface area contributed by atoms with Gasteiger partial charge in [0.2, 0.25) is 0 Å². The smallest absolute Gasteiger partial charge is 0.344 e. The summed E-state index contributed by atoms with van der Waals surface area (Å²) in [5, 5.41) is 7.97. The maximum absolute atomic E-state index is 12.7. The highest BCUT2D eigenvalue weighted by Gasteiger charge is 2.43. The highest BCUT2D eigenvalue weighted by molar-refractivity contribution is 5.94. The van der Waals surface area contributed by atoms with Crippen LogP contribution in [0.3, 0.4) is 0 Å². The second-order valence-electron chi connectivity index (χ2n) is 5.01. The Balaban J connectivity index is 2.19. The Labute approximate surface area is 107 Å². The molecule has 1 saturated carbocycles. The van der Waals surface area contributed by atoms with Crippen molar-refractivity contribution in [2.45, 2.75) is 31.5 Å². The number of nitrogens with zero attached hydrogens (tertiary/aromatic N) is 1. The summed E-state index contributed by atoms with van der Waals surface area (Å²) in [5.74, 6) is -0.608. The van der Waals surface area contributed by atoms with Gasteiger partial charge >= 0.3 is 6.18 Å². The Morgan fingerprint density at radius 3 is 2.68 bits per heavy atom. The molecular weight excluding hydrogens is 261 g/mol. The van der Waals surface area contributed by atoms with E-state index in [4.69, 9.17) is 5.73 Å². The molecule has 1 atom stereocenters. The molecule has 0 bridgehead atoms. The number of carbonyl (C=O) groups excluding carboxylic acids is 1. The topological polar surface area (TPSA) is 83.8 Å². The number of aromatic nitrogens is 2. The maximum atomic E-state index is 12.7. The molecule has 1 heterocycles. The molecule has 1 aromatic rings. The quantitative estimate of drug-likeness (QED) is 0.774. The minimum Gasteiger partial charge on any atom is -0.344 e. The Kier molecular flexibility index (Phi) is 3.29. The van der Waals surface area contributed by atoms with Gasteiger partial charge in [-0.25, -0.2) is 0 Å². The average molecular weight is 276 g/mol. The molecule has 106 valence electrons. The molecule has 0 aromatic carbocycles. The highest BCUT2D eigenvalue weighted by Crippen LogP contribution is 2.39. The van der Waals surface area contributed by atoms with E-state index in [1.54, 1.807) is 6.92 Å². The number of nitrogens with one attached hydrogen (secondary N) is 2. The van der Waals surface area contributed by atoms with Crippen LogP contribution in [-0.2, 0) is 6.18 Å². The van der Waals surface area contributed by atoms with Gasteiger partial charge < -0.3 is 11.1 Å². The van der Waals surface area contributed by atoms with Crippen molar-refractivity contribution in [1.29, 1.82) is 0 Å². The van der Waals surface area contributed by atoms with Crippen molar-refractivity contribution in [3.05, 3.63) is 17.5 Å². The molecule has 0 spiro atoms. The summed E-state index contributed by atoms with van der Waals surface area (Å²) in [7, 11) is 0. The van der Waals surface area contributed by atoms with E-state index in [2.05, 4.69) is 15.5 Å². The molecular formula is C11H15F3N4O. The average Bonchev–Trinajstić information content (AvgIpc) is 3.04. The molecule has 8 heteroatoms. The number of H-pyrrole nitrogens is 1. The lowest BCUT2D eigenvalue weighted by Gasteiger charge is -2.29. The number of hydrogen-bond donors (Lipinski definition) is 3. The Hall–Kier alpha value is -1.57. The minimum atomic E-state index is -4.61. The lowest BCUT2D eigenvalue weighted by molar-refractivity contribution is -0.137. The van der Waals surface area contributed by atoms with Gasteiger partial charge in [-0.15, -0.1) is 0 Å². The molecule has 1 aliphatic carbocycles. The van der Waals surface area contributed by atoms with Crippen molar-refractivity contribution in [2.75, 3.05) is 6.54 Å². The normalized spacial score (nSPS) is 19.0. The van der Waals surface area contributed by atoms with Crippen LogP contribution in [0.25, 0.3) is 0 Å². The van der Waals surface area contributed by atoms with Crippen LogP contribution in [-0.4, -0.2) is 28.2 Å². The number of halogens is 3. The Bertz CT molecular complexity index is 481. The van der Waals surface area contributed by atoms with Crippen molar-refractivity contribution in [2.24, 2.45) is 11.7 Å². The number of amides is 1. The molecule has 4 N–H and O–H groups in total. The second-order valence-corrected chi connectivity index (χ2v) is 5.01. The van der Waals surface area contributed by atoms with Crippen molar-refractivity contribution < 1.29 is 18.0 Å². The van der Waals surface area contributed by atoms with Gasteiger partial charge in [0.15, 0.2) is 0 Å². The molecule has 0 radical (unpaired) electrons. The molecule has 0 saturated heterocycles. The largest absolute Gasteiger partial charge is 0.420 e. The van der Waals surface area contributed by atoms with Crippen LogP contribution in [0.4, 0.5) is 13.2 Å². The lowest BCUT2D eigenvalue weighted by atomic mass is 9.95. The van der Waals surface area contributed by atoms with Crippen LogP contribution in [0.5, 0.6) is 0 Å². The minimum absolute atomic E-state index is 0.179. The first kappa shape index (κ1) is 13.9. The van der Waals surface area contributed by atoms with Gasteiger partial charge in [-0.2, -0.15) is 18.3 Å². The van der Waals surface area contributed by atoms with Crippen molar-refractivity contribution >= 4 is 5.91 Å². The number of hydrogen-bond acceptors (Lipinski definition) is 3. The monoisotopic (exact) mass is 276 g/mol. The number of aromatic amines is 1. The zero-order chi connectivity index (χ0) is 14.3. The van der Waals surface area contributed by atoms with Crippen LogP contribution in [0, 0.1) is 5.92 Å². The van der Waals surface area contributed by atoms with Gasteiger partial charge in [-0.05, 0) is 25.7 Å². The van der Waals surface area contributed by atoms with Gasteiger partial charge in [0.05, 0.1) is 11.7 Å². The summed E-state index contributed by atoms with van der Waals surface area (Å²) in [6.45, 7) is 1.92. The van der Waals surface area contributed by atoms with Crippen molar-refractivity contribution in [3.8, 4) is 0 Å². The van der Waals surface area contributed by atoms with Crippen LogP contribution in [0.2, 0.25) is 0 Å². The lowest BCUT2D eigenvalue weighted by Crippen LogP contribution is -2.53. The van der Waals surface area contributed by atoms with Crippen LogP contribution >= 0.6 is 0 Å². The van der Waals surface area contributed by atoms with Crippen molar-refractivity contribution in [1.82, 2.24) is 15.5 Å². The van der Waals surface area contributed by atoms with Gasteiger partial charge in [-0.3, -0.25) is 9.89 Å².